The number of carbonyl (C=O) groups is 1. The monoisotopic (exact) mass is 280 g/mol. The zero-order valence-electron chi connectivity index (χ0n) is 10.1. The van der Waals surface area contributed by atoms with Crippen molar-refractivity contribution in [3.05, 3.63) is 0 Å². The van der Waals surface area contributed by atoms with Gasteiger partial charge in [-0.3, -0.25) is 4.79 Å². The average Bonchev–Trinajstić information content (AvgIpc) is 2.23. The van der Waals surface area contributed by atoms with Crippen LogP contribution in [0.5, 0.6) is 0 Å². The van der Waals surface area contributed by atoms with E-state index in [4.69, 9.17) is 0 Å². The third-order valence-electron chi connectivity index (χ3n) is 2.58. The Labute approximate surface area is 107 Å². The van der Waals surface area contributed by atoms with E-state index in [1.165, 1.54) is 0 Å². The highest BCUT2D eigenvalue weighted by Gasteiger charge is 2.25. The smallest absolute Gasteiger partial charge is 0.221 e. The molecule has 1 aliphatic heterocycles. The van der Waals surface area contributed by atoms with Crippen molar-refractivity contribution >= 4 is 27.5 Å². The van der Waals surface area contributed by atoms with Gasteiger partial charge in [-0.25, -0.2) is 8.42 Å². The summed E-state index contributed by atoms with van der Waals surface area (Å²) >= 11 is 1.75. The molecule has 5 nitrogen and oxygen atoms in total. The summed E-state index contributed by atoms with van der Waals surface area (Å²) in [6.45, 7) is 1.12. The van der Waals surface area contributed by atoms with Gasteiger partial charge in [0.2, 0.25) is 5.91 Å². The van der Waals surface area contributed by atoms with Crippen molar-refractivity contribution in [1.82, 2.24) is 10.6 Å². The van der Waals surface area contributed by atoms with Gasteiger partial charge >= 0.3 is 0 Å². The van der Waals surface area contributed by atoms with E-state index in [2.05, 4.69) is 10.6 Å². The molecule has 1 atom stereocenters. The van der Waals surface area contributed by atoms with Crippen LogP contribution in [0.4, 0.5) is 0 Å². The van der Waals surface area contributed by atoms with Crippen LogP contribution in [0.25, 0.3) is 0 Å². The largest absolute Gasteiger partial charge is 0.356 e. The second-order valence-corrected chi connectivity index (χ2v) is 7.38. The van der Waals surface area contributed by atoms with Crippen molar-refractivity contribution in [2.75, 3.05) is 36.6 Å². The topological polar surface area (TPSA) is 75.3 Å². The molecule has 100 valence electrons. The Hall–Kier alpha value is -0.270. The van der Waals surface area contributed by atoms with Gasteiger partial charge in [-0.2, -0.15) is 11.8 Å². The number of carbonyl (C=O) groups excluding carboxylic acids is 1. The van der Waals surface area contributed by atoms with Crippen LogP contribution in [0.2, 0.25) is 0 Å². The molecule has 1 saturated heterocycles. The Morgan fingerprint density at radius 3 is 2.94 bits per heavy atom. The number of sulfone groups is 1. The zero-order valence-corrected chi connectivity index (χ0v) is 11.7. The van der Waals surface area contributed by atoms with E-state index in [1.54, 1.807) is 11.8 Å². The van der Waals surface area contributed by atoms with E-state index in [0.717, 1.165) is 12.2 Å². The summed E-state index contributed by atoms with van der Waals surface area (Å²) in [7, 11) is -2.95. The maximum atomic E-state index is 11.5. The number of nitrogens with one attached hydrogen (secondary N) is 2. The molecule has 0 aromatic carbocycles. The zero-order chi connectivity index (χ0) is 12.7. The first-order valence-corrected chi connectivity index (χ1v) is 8.94. The van der Waals surface area contributed by atoms with Crippen LogP contribution < -0.4 is 10.6 Å². The lowest BCUT2D eigenvalue weighted by Gasteiger charge is -2.23. The Morgan fingerprint density at radius 2 is 2.29 bits per heavy atom. The van der Waals surface area contributed by atoms with Crippen molar-refractivity contribution in [3.63, 3.8) is 0 Å². The molecule has 0 spiro atoms. The SMILES string of the molecule is CSCCCNC(=O)CC1CS(=O)(=O)CCN1. The lowest BCUT2D eigenvalue weighted by molar-refractivity contribution is -0.121. The number of hydrogen-bond acceptors (Lipinski definition) is 5. The molecule has 17 heavy (non-hydrogen) atoms. The summed E-state index contributed by atoms with van der Waals surface area (Å²) in [5, 5.41) is 5.87. The molecule has 1 heterocycles. The molecule has 2 N–H and O–H groups in total. The first kappa shape index (κ1) is 14.8. The Bertz CT molecular complexity index is 343. The molecule has 0 aromatic heterocycles. The van der Waals surface area contributed by atoms with Gasteiger partial charge in [0, 0.05) is 25.6 Å². The van der Waals surface area contributed by atoms with Crippen LogP contribution in [-0.4, -0.2) is 57.0 Å². The lowest BCUT2D eigenvalue weighted by Crippen LogP contribution is -2.47. The second kappa shape index (κ2) is 7.23. The van der Waals surface area contributed by atoms with Crippen molar-refractivity contribution < 1.29 is 13.2 Å². The van der Waals surface area contributed by atoms with Gasteiger partial charge < -0.3 is 10.6 Å². The fourth-order valence-corrected chi connectivity index (χ4v) is 3.62. The van der Waals surface area contributed by atoms with Crippen molar-refractivity contribution in [2.45, 2.75) is 18.9 Å². The first-order chi connectivity index (χ1) is 8.03. The summed E-state index contributed by atoms with van der Waals surface area (Å²) in [5.74, 6) is 1.21. The molecule has 7 heteroatoms. The molecular formula is C10H20N2O3S2. The Kier molecular flexibility index (Phi) is 6.29. The standard InChI is InChI=1S/C10H20N2O3S2/c1-16-5-2-3-12-10(13)7-9-8-17(14,15)6-4-11-9/h9,11H,2-8H2,1H3,(H,12,13). The van der Waals surface area contributed by atoms with Gasteiger partial charge in [-0.1, -0.05) is 0 Å². The fourth-order valence-electron chi connectivity index (χ4n) is 1.74. The summed E-state index contributed by atoms with van der Waals surface area (Å²) in [5.41, 5.74) is 0. The minimum absolute atomic E-state index is 0.0688. The maximum Gasteiger partial charge on any atom is 0.221 e. The third kappa shape index (κ3) is 6.28. The highest BCUT2D eigenvalue weighted by Crippen LogP contribution is 2.04. The molecule has 0 aromatic rings. The van der Waals surface area contributed by atoms with Crippen LogP contribution in [0.1, 0.15) is 12.8 Å². The predicted molar refractivity (Wildman–Crippen MR) is 71.1 cm³/mol. The van der Waals surface area contributed by atoms with Gasteiger partial charge in [0.05, 0.1) is 11.5 Å². The second-order valence-electron chi connectivity index (χ2n) is 4.17. The van der Waals surface area contributed by atoms with Gasteiger partial charge in [0.15, 0.2) is 9.84 Å². The van der Waals surface area contributed by atoms with Crippen LogP contribution in [0.3, 0.4) is 0 Å². The molecule has 1 unspecified atom stereocenters. The van der Waals surface area contributed by atoms with E-state index < -0.39 is 9.84 Å². The van der Waals surface area contributed by atoms with Gasteiger partial charge in [0.1, 0.15) is 0 Å². The molecule has 0 radical (unpaired) electrons. The van der Waals surface area contributed by atoms with E-state index in [1.807, 2.05) is 6.26 Å². The van der Waals surface area contributed by atoms with Crippen molar-refractivity contribution in [1.29, 1.82) is 0 Å². The third-order valence-corrected chi connectivity index (χ3v) is 5.01. The number of amides is 1. The molecule has 0 saturated carbocycles. The van der Waals surface area contributed by atoms with E-state index in [-0.39, 0.29) is 29.9 Å². The minimum atomic E-state index is -2.95. The molecule has 1 rings (SSSR count). The quantitative estimate of drug-likeness (QED) is 0.650. The lowest BCUT2D eigenvalue weighted by atomic mass is 10.2. The molecule has 0 bridgehead atoms. The fraction of sp³-hybridized carbons (Fsp3) is 0.900. The van der Waals surface area contributed by atoms with Crippen molar-refractivity contribution in [2.24, 2.45) is 0 Å². The summed E-state index contributed by atoms with van der Waals surface area (Å²) < 4.78 is 22.7. The molecular weight excluding hydrogens is 260 g/mol. The van der Waals surface area contributed by atoms with Crippen LogP contribution in [0.15, 0.2) is 0 Å². The predicted octanol–water partition coefficient (Wildman–Crippen LogP) is -0.368. The van der Waals surface area contributed by atoms with E-state index in [0.29, 0.717) is 13.1 Å². The minimum Gasteiger partial charge on any atom is -0.356 e. The van der Waals surface area contributed by atoms with Gasteiger partial charge in [0.25, 0.3) is 0 Å². The summed E-state index contributed by atoms with van der Waals surface area (Å²) in [6.07, 6.45) is 3.22. The van der Waals surface area contributed by atoms with Gasteiger partial charge in [-0.05, 0) is 18.4 Å². The normalized spacial score (nSPS) is 23.2. The van der Waals surface area contributed by atoms with Crippen molar-refractivity contribution in [3.8, 4) is 0 Å². The van der Waals surface area contributed by atoms with E-state index >= 15 is 0 Å². The summed E-state index contributed by atoms with van der Waals surface area (Å²) in [6, 6.07) is -0.227. The highest BCUT2D eigenvalue weighted by molar-refractivity contribution is 7.98. The summed E-state index contributed by atoms with van der Waals surface area (Å²) in [4.78, 5) is 11.5. The van der Waals surface area contributed by atoms with Crippen LogP contribution in [0, 0.1) is 0 Å². The Morgan fingerprint density at radius 1 is 1.53 bits per heavy atom. The van der Waals surface area contributed by atoms with Crippen LogP contribution in [-0.2, 0) is 14.6 Å². The number of hydrogen-bond donors (Lipinski definition) is 2. The molecule has 1 amide bonds. The number of rotatable bonds is 6. The van der Waals surface area contributed by atoms with Gasteiger partial charge in [-0.15, -0.1) is 0 Å². The molecule has 0 aliphatic carbocycles. The average molecular weight is 280 g/mol. The molecule has 1 fully saturated rings. The Balaban J connectivity index is 2.22. The maximum absolute atomic E-state index is 11.5. The van der Waals surface area contributed by atoms with E-state index in [9.17, 15) is 13.2 Å². The first-order valence-electron chi connectivity index (χ1n) is 5.73. The number of thioether (sulfide) groups is 1. The van der Waals surface area contributed by atoms with Crippen LogP contribution >= 0.6 is 11.8 Å². The highest BCUT2D eigenvalue weighted by atomic mass is 32.2. The molecule has 1 aliphatic rings.